The molecule has 5 heteroatoms. The smallest absolute Gasteiger partial charge is 0.259 e. The molecule has 0 unspecified atom stereocenters. The lowest BCUT2D eigenvalue weighted by atomic mass is 10.1. The molecule has 2 aromatic carbocycles. The molecular formula is C21H26N2O3. The van der Waals surface area contributed by atoms with E-state index in [0.717, 1.165) is 31.6 Å². The predicted molar refractivity (Wildman–Crippen MR) is 104 cm³/mol. The molecular weight excluding hydrogens is 328 g/mol. The maximum absolute atomic E-state index is 12.6. The zero-order valence-electron chi connectivity index (χ0n) is 15.4. The van der Waals surface area contributed by atoms with Gasteiger partial charge in [0.05, 0.1) is 18.3 Å². The molecule has 3 rings (SSSR count). The molecule has 1 fully saturated rings. The van der Waals surface area contributed by atoms with Crippen LogP contribution in [0.3, 0.4) is 0 Å². The number of amides is 1. The van der Waals surface area contributed by atoms with Crippen molar-refractivity contribution in [2.75, 3.05) is 37.0 Å². The zero-order valence-corrected chi connectivity index (χ0v) is 15.4. The van der Waals surface area contributed by atoms with Gasteiger partial charge in [0.1, 0.15) is 5.75 Å². The maximum Gasteiger partial charge on any atom is 0.259 e. The number of hydrogen-bond acceptors (Lipinski definition) is 4. The number of nitrogens with zero attached hydrogens (tertiary/aromatic N) is 1. The van der Waals surface area contributed by atoms with E-state index in [0.29, 0.717) is 24.0 Å². The van der Waals surface area contributed by atoms with Crippen LogP contribution in [0.15, 0.2) is 48.5 Å². The summed E-state index contributed by atoms with van der Waals surface area (Å²) in [6.07, 6.45) is 2.46. The first-order valence-electron chi connectivity index (χ1n) is 9.12. The van der Waals surface area contributed by atoms with E-state index < -0.39 is 0 Å². The topological polar surface area (TPSA) is 50.8 Å². The highest BCUT2D eigenvalue weighted by molar-refractivity contribution is 6.06. The van der Waals surface area contributed by atoms with Crippen LogP contribution in [0.5, 0.6) is 5.75 Å². The molecule has 1 N–H and O–H groups in total. The second-order valence-corrected chi connectivity index (χ2v) is 6.35. The van der Waals surface area contributed by atoms with Crippen LogP contribution in [0.1, 0.15) is 30.1 Å². The highest BCUT2D eigenvalue weighted by atomic mass is 16.5. The molecule has 0 bridgehead atoms. The van der Waals surface area contributed by atoms with E-state index >= 15 is 0 Å². The number of hydrogen-bond donors (Lipinski definition) is 1. The fourth-order valence-corrected chi connectivity index (χ4v) is 3.24. The van der Waals surface area contributed by atoms with Crippen LogP contribution in [-0.4, -0.2) is 38.8 Å². The number of anilines is 2. The molecule has 0 aromatic heterocycles. The van der Waals surface area contributed by atoms with Gasteiger partial charge in [-0.2, -0.15) is 0 Å². The number of rotatable bonds is 6. The van der Waals surface area contributed by atoms with Crippen molar-refractivity contribution < 1.29 is 14.3 Å². The Balaban J connectivity index is 1.63. The number of carbonyl (C=O) groups excluding carboxylic acids is 1. The fourth-order valence-electron chi connectivity index (χ4n) is 3.24. The monoisotopic (exact) mass is 354 g/mol. The molecule has 1 saturated heterocycles. The van der Waals surface area contributed by atoms with Crippen LogP contribution in [-0.2, 0) is 4.74 Å². The van der Waals surface area contributed by atoms with Crippen LogP contribution in [0.4, 0.5) is 11.4 Å². The van der Waals surface area contributed by atoms with E-state index in [2.05, 4.69) is 22.3 Å². The Kier molecular flexibility index (Phi) is 6.12. The van der Waals surface area contributed by atoms with Crippen LogP contribution in [0.2, 0.25) is 0 Å². The van der Waals surface area contributed by atoms with Gasteiger partial charge < -0.3 is 19.7 Å². The number of para-hydroxylation sites is 1. The largest absolute Gasteiger partial charge is 0.493 e. The molecule has 0 saturated carbocycles. The van der Waals surface area contributed by atoms with Crippen LogP contribution >= 0.6 is 0 Å². The standard InChI is InChI=1S/C21H26N2O3/c1-3-26-20-7-5-4-6-19(20)21(24)22-16-8-10-17(11-9-16)23-14-12-18(25-2)13-15-23/h4-11,18H,3,12-15H2,1-2H3,(H,22,24). The van der Waals surface area contributed by atoms with Crippen molar-refractivity contribution in [1.82, 2.24) is 0 Å². The van der Waals surface area contributed by atoms with E-state index in [1.54, 1.807) is 13.2 Å². The number of piperidine rings is 1. The molecule has 138 valence electrons. The Morgan fingerprint density at radius 3 is 2.46 bits per heavy atom. The minimum atomic E-state index is -0.164. The second-order valence-electron chi connectivity index (χ2n) is 6.35. The first-order valence-corrected chi connectivity index (χ1v) is 9.12. The fraction of sp³-hybridized carbons (Fsp3) is 0.381. The lowest BCUT2D eigenvalue weighted by Crippen LogP contribution is -2.36. The molecule has 0 spiro atoms. The number of methoxy groups -OCH3 is 1. The molecule has 0 aliphatic carbocycles. The van der Waals surface area contributed by atoms with Gasteiger partial charge in [0.2, 0.25) is 0 Å². The Morgan fingerprint density at radius 1 is 1.12 bits per heavy atom. The number of ether oxygens (including phenoxy) is 2. The summed E-state index contributed by atoms with van der Waals surface area (Å²) in [7, 11) is 1.78. The van der Waals surface area contributed by atoms with Gasteiger partial charge >= 0.3 is 0 Å². The van der Waals surface area contributed by atoms with Crippen molar-refractivity contribution in [1.29, 1.82) is 0 Å². The summed E-state index contributed by atoms with van der Waals surface area (Å²) in [6, 6.07) is 15.3. The Labute approximate surface area is 154 Å². The summed E-state index contributed by atoms with van der Waals surface area (Å²) in [5.74, 6) is 0.438. The van der Waals surface area contributed by atoms with Gasteiger partial charge in [-0.25, -0.2) is 0 Å². The molecule has 0 radical (unpaired) electrons. The molecule has 26 heavy (non-hydrogen) atoms. The summed E-state index contributed by atoms with van der Waals surface area (Å²) in [6.45, 7) is 4.42. The van der Waals surface area contributed by atoms with Gasteiger partial charge in [-0.1, -0.05) is 12.1 Å². The number of benzene rings is 2. The minimum Gasteiger partial charge on any atom is -0.493 e. The quantitative estimate of drug-likeness (QED) is 0.853. The van der Waals surface area contributed by atoms with Gasteiger partial charge in [-0.15, -0.1) is 0 Å². The Bertz CT molecular complexity index is 722. The highest BCUT2D eigenvalue weighted by Gasteiger charge is 2.19. The van der Waals surface area contributed by atoms with Crippen molar-refractivity contribution in [3.8, 4) is 5.75 Å². The average molecular weight is 354 g/mol. The molecule has 1 amide bonds. The molecule has 0 atom stereocenters. The summed E-state index contributed by atoms with van der Waals surface area (Å²) in [5.41, 5.74) is 2.49. The Hall–Kier alpha value is -2.53. The normalized spacial score (nSPS) is 14.9. The zero-order chi connectivity index (χ0) is 18.4. The third-order valence-electron chi connectivity index (χ3n) is 4.70. The third kappa shape index (κ3) is 4.35. The SMILES string of the molecule is CCOc1ccccc1C(=O)Nc1ccc(N2CCC(OC)CC2)cc1. The first-order chi connectivity index (χ1) is 12.7. The van der Waals surface area contributed by atoms with Crippen molar-refractivity contribution >= 4 is 17.3 Å². The van der Waals surface area contributed by atoms with Crippen molar-refractivity contribution in [3.05, 3.63) is 54.1 Å². The minimum absolute atomic E-state index is 0.164. The molecule has 1 heterocycles. The van der Waals surface area contributed by atoms with Gasteiger partial charge in [-0.05, 0) is 56.2 Å². The van der Waals surface area contributed by atoms with Crippen LogP contribution in [0, 0.1) is 0 Å². The Morgan fingerprint density at radius 2 is 1.81 bits per heavy atom. The van der Waals surface area contributed by atoms with E-state index in [4.69, 9.17) is 9.47 Å². The second kappa shape index (κ2) is 8.72. The first kappa shape index (κ1) is 18.3. The lowest BCUT2D eigenvalue weighted by molar-refractivity contribution is 0.0819. The van der Waals surface area contributed by atoms with Crippen molar-refractivity contribution in [2.24, 2.45) is 0 Å². The lowest BCUT2D eigenvalue weighted by Gasteiger charge is -2.33. The summed E-state index contributed by atoms with van der Waals surface area (Å²) < 4.78 is 11.0. The predicted octanol–water partition coefficient (Wildman–Crippen LogP) is 3.95. The molecule has 2 aromatic rings. The number of nitrogens with one attached hydrogen (secondary N) is 1. The summed E-state index contributed by atoms with van der Waals surface area (Å²) in [5, 5.41) is 2.95. The molecule has 1 aliphatic rings. The summed E-state index contributed by atoms with van der Waals surface area (Å²) in [4.78, 5) is 14.9. The highest BCUT2D eigenvalue weighted by Crippen LogP contribution is 2.24. The van der Waals surface area contributed by atoms with Crippen LogP contribution < -0.4 is 15.0 Å². The van der Waals surface area contributed by atoms with E-state index in [1.165, 1.54) is 5.69 Å². The van der Waals surface area contributed by atoms with Crippen molar-refractivity contribution in [2.45, 2.75) is 25.9 Å². The van der Waals surface area contributed by atoms with E-state index in [1.807, 2.05) is 37.3 Å². The maximum atomic E-state index is 12.6. The molecule has 5 nitrogen and oxygen atoms in total. The van der Waals surface area contributed by atoms with Crippen molar-refractivity contribution in [3.63, 3.8) is 0 Å². The number of carbonyl (C=O) groups is 1. The van der Waals surface area contributed by atoms with Gasteiger partial charge in [-0.3, -0.25) is 4.79 Å². The van der Waals surface area contributed by atoms with Gasteiger partial charge in [0.25, 0.3) is 5.91 Å². The average Bonchev–Trinajstić information content (AvgIpc) is 2.69. The van der Waals surface area contributed by atoms with E-state index in [9.17, 15) is 4.79 Å². The van der Waals surface area contributed by atoms with E-state index in [-0.39, 0.29) is 5.91 Å². The third-order valence-corrected chi connectivity index (χ3v) is 4.70. The van der Waals surface area contributed by atoms with Gasteiger partial charge in [0.15, 0.2) is 0 Å². The molecule has 1 aliphatic heterocycles. The van der Waals surface area contributed by atoms with Gasteiger partial charge in [0, 0.05) is 31.6 Å². The van der Waals surface area contributed by atoms with Crippen LogP contribution in [0.25, 0.3) is 0 Å². The summed E-state index contributed by atoms with van der Waals surface area (Å²) >= 11 is 0.